The van der Waals surface area contributed by atoms with Crippen molar-refractivity contribution in [3.05, 3.63) is 86.1 Å². The van der Waals surface area contributed by atoms with Crippen LogP contribution in [0.1, 0.15) is 24.3 Å². The molecule has 7 heteroatoms. The Bertz CT molecular complexity index is 1060. The van der Waals surface area contributed by atoms with Gasteiger partial charge in [-0.1, -0.05) is 39.7 Å². The number of halogens is 2. The average Bonchev–Trinajstić information content (AvgIpc) is 2.74. The second kappa shape index (κ2) is 7.60. The van der Waals surface area contributed by atoms with Gasteiger partial charge in [0.05, 0.1) is 0 Å². The Kier molecular flexibility index (Phi) is 4.91. The van der Waals surface area contributed by atoms with Crippen LogP contribution < -0.4 is 15.5 Å². The topological polar surface area (TPSA) is 61.4 Å². The molecule has 0 spiro atoms. The summed E-state index contributed by atoms with van der Waals surface area (Å²) in [5.74, 6) is -0.631. The van der Waals surface area contributed by atoms with E-state index >= 15 is 0 Å². The van der Waals surface area contributed by atoms with Gasteiger partial charge < -0.3 is 15.5 Å². The maximum atomic E-state index is 13.1. The second-order valence-electron chi connectivity index (χ2n) is 7.53. The summed E-state index contributed by atoms with van der Waals surface area (Å²) in [5.41, 5.74) is 5.06. The Morgan fingerprint density at radius 3 is 1.90 bits per heavy atom. The number of hydrogen-bond acceptors (Lipinski definition) is 3. The van der Waals surface area contributed by atoms with E-state index in [1.807, 2.05) is 48.5 Å². The molecule has 5 nitrogen and oxygen atoms in total. The summed E-state index contributed by atoms with van der Waals surface area (Å²) in [6.45, 7) is 1.15. The molecule has 2 aromatic carbocycles. The van der Waals surface area contributed by atoms with Gasteiger partial charge in [-0.3, -0.25) is 9.59 Å². The summed E-state index contributed by atoms with van der Waals surface area (Å²) in [7, 11) is 0. The van der Waals surface area contributed by atoms with E-state index < -0.39 is 5.92 Å². The van der Waals surface area contributed by atoms with E-state index in [1.165, 1.54) is 0 Å². The minimum Gasteiger partial charge on any atom is -0.352 e. The van der Waals surface area contributed by atoms with E-state index in [2.05, 4.69) is 31.5 Å². The number of hydrogen-bond donors (Lipinski definition) is 2. The zero-order chi connectivity index (χ0) is 20.8. The number of amides is 2. The standard InChI is InChI=1S/C23H19BrClN3O2/c24-14-3-1-13(2-4-14)19-20-17(9-11-26-22(20)29)28(16-7-5-15(25)6-8-16)18-10-12-27-23(30)21(18)19/h1-8,19H,9-12H2,(H,26,29)(H,27,30). The number of rotatable bonds is 2. The van der Waals surface area contributed by atoms with E-state index in [1.54, 1.807) is 0 Å². The van der Waals surface area contributed by atoms with Crippen molar-refractivity contribution in [1.29, 1.82) is 0 Å². The fraction of sp³-hybridized carbons (Fsp3) is 0.217. The summed E-state index contributed by atoms with van der Waals surface area (Å²) in [6.07, 6.45) is 1.41. The van der Waals surface area contributed by atoms with Crippen LogP contribution in [0.5, 0.6) is 0 Å². The lowest BCUT2D eigenvalue weighted by Crippen LogP contribution is -2.47. The molecule has 3 aliphatic heterocycles. The molecule has 0 fully saturated rings. The number of carbonyl (C=O) groups is 2. The maximum Gasteiger partial charge on any atom is 0.249 e. The van der Waals surface area contributed by atoms with Crippen molar-refractivity contribution in [3.8, 4) is 0 Å². The molecule has 0 atom stereocenters. The number of benzene rings is 2. The predicted molar refractivity (Wildman–Crippen MR) is 120 cm³/mol. The Labute approximate surface area is 187 Å². The monoisotopic (exact) mass is 483 g/mol. The van der Waals surface area contributed by atoms with E-state index in [0.29, 0.717) is 42.1 Å². The van der Waals surface area contributed by atoms with Gasteiger partial charge in [0.15, 0.2) is 0 Å². The molecule has 0 bridgehead atoms. The predicted octanol–water partition coefficient (Wildman–Crippen LogP) is 4.25. The van der Waals surface area contributed by atoms with Crippen LogP contribution in [0.25, 0.3) is 0 Å². The first-order valence-corrected chi connectivity index (χ1v) is 11.1. The fourth-order valence-corrected chi connectivity index (χ4v) is 4.96. The van der Waals surface area contributed by atoms with Crippen molar-refractivity contribution >= 4 is 45.0 Å². The fourth-order valence-electron chi connectivity index (χ4n) is 4.57. The number of anilines is 1. The van der Waals surface area contributed by atoms with Gasteiger partial charge in [0.2, 0.25) is 11.8 Å². The Morgan fingerprint density at radius 1 is 0.833 bits per heavy atom. The number of carbonyl (C=O) groups excluding carboxylic acids is 2. The lowest BCUT2D eigenvalue weighted by atomic mass is 9.76. The smallest absolute Gasteiger partial charge is 0.249 e. The normalized spacial score (nSPS) is 19.3. The van der Waals surface area contributed by atoms with Crippen molar-refractivity contribution in [2.24, 2.45) is 0 Å². The molecule has 30 heavy (non-hydrogen) atoms. The van der Waals surface area contributed by atoms with Crippen molar-refractivity contribution in [2.75, 3.05) is 18.0 Å². The largest absolute Gasteiger partial charge is 0.352 e. The van der Waals surface area contributed by atoms with E-state index in [9.17, 15) is 9.59 Å². The third-order valence-corrected chi connectivity index (χ3v) is 6.59. The molecule has 2 amide bonds. The van der Waals surface area contributed by atoms with Crippen molar-refractivity contribution in [1.82, 2.24) is 10.6 Å². The second-order valence-corrected chi connectivity index (χ2v) is 8.88. The van der Waals surface area contributed by atoms with Crippen LogP contribution in [0.4, 0.5) is 5.69 Å². The molecule has 0 aromatic heterocycles. The Balaban J connectivity index is 1.77. The van der Waals surface area contributed by atoms with Gasteiger partial charge in [-0.2, -0.15) is 0 Å². The van der Waals surface area contributed by atoms with Crippen LogP contribution in [0.15, 0.2) is 75.5 Å². The van der Waals surface area contributed by atoms with Gasteiger partial charge in [-0.15, -0.1) is 0 Å². The Morgan fingerprint density at radius 2 is 1.37 bits per heavy atom. The molecule has 0 saturated heterocycles. The van der Waals surface area contributed by atoms with E-state index in [0.717, 1.165) is 27.1 Å². The van der Waals surface area contributed by atoms with E-state index in [4.69, 9.17) is 11.6 Å². The minimum absolute atomic E-state index is 0.118. The third kappa shape index (κ3) is 3.15. The highest BCUT2D eigenvalue weighted by atomic mass is 79.9. The molecule has 152 valence electrons. The molecule has 0 aliphatic carbocycles. The molecule has 0 saturated carbocycles. The van der Waals surface area contributed by atoms with Crippen LogP contribution in [0.2, 0.25) is 5.02 Å². The first-order valence-electron chi connectivity index (χ1n) is 9.88. The van der Waals surface area contributed by atoms with Crippen molar-refractivity contribution in [2.45, 2.75) is 18.8 Å². The molecule has 0 unspecified atom stereocenters. The first-order chi connectivity index (χ1) is 14.5. The SMILES string of the molecule is O=C1NCCC2=C1C(c1ccc(Br)cc1)C1=C(CCNC1=O)N2c1ccc(Cl)cc1. The quantitative estimate of drug-likeness (QED) is 0.670. The van der Waals surface area contributed by atoms with E-state index in [-0.39, 0.29) is 11.8 Å². The average molecular weight is 485 g/mol. The molecule has 5 rings (SSSR count). The van der Waals surface area contributed by atoms with Crippen molar-refractivity contribution < 1.29 is 9.59 Å². The van der Waals surface area contributed by atoms with Gasteiger partial charge in [-0.25, -0.2) is 0 Å². The minimum atomic E-state index is -0.396. The van der Waals surface area contributed by atoms with Gasteiger partial charge in [0.1, 0.15) is 0 Å². The number of nitrogens with one attached hydrogen (secondary N) is 2. The molecule has 0 radical (unpaired) electrons. The maximum absolute atomic E-state index is 13.1. The number of nitrogens with zero attached hydrogens (tertiary/aromatic N) is 1. The van der Waals surface area contributed by atoms with Crippen LogP contribution in [-0.2, 0) is 9.59 Å². The van der Waals surface area contributed by atoms with Crippen LogP contribution in [0.3, 0.4) is 0 Å². The lowest BCUT2D eigenvalue weighted by Gasteiger charge is -2.44. The highest BCUT2D eigenvalue weighted by Gasteiger charge is 2.44. The summed E-state index contributed by atoms with van der Waals surface area (Å²) in [4.78, 5) is 28.3. The molecule has 3 heterocycles. The summed E-state index contributed by atoms with van der Waals surface area (Å²) in [5, 5.41) is 6.60. The molecule has 2 N–H and O–H groups in total. The first kappa shape index (κ1) is 19.4. The summed E-state index contributed by atoms with van der Waals surface area (Å²) >= 11 is 9.59. The van der Waals surface area contributed by atoms with Gasteiger partial charge in [0.25, 0.3) is 0 Å². The van der Waals surface area contributed by atoms with Crippen LogP contribution in [0, 0.1) is 0 Å². The van der Waals surface area contributed by atoms with Gasteiger partial charge >= 0.3 is 0 Å². The van der Waals surface area contributed by atoms with Crippen LogP contribution in [-0.4, -0.2) is 24.9 Å². The lowest BCUT2D eigenvalue weighted by molar-refractivity contribution is -0.118. The third-order valence-electron chi connectivity index (χ3n) is 5.81. The highest BCUT2D eigenvalue weighted by Crippen LogP contribution is 2.47. The van der Waals surface area contributed by atoms with Gasteiger partial charge in [0, 0.05) is 69.6 Å². The summed E-state index contributed by atoms with van der Waals surface area (Å²) < 4.78 is 0.953. The summed E-state index contributed by atoms with van der Waals surface area (Å²) in [6, 6.07) is 15.4. The zero-order valence-corrected chi connectivity index (χ0v) is 18.4. The zero-order valence-electron chi connectivity index (χ0n) is 16.0. The molecule has 2 aromatic rings. The van der Waals surface area contributed by atoms with Crippen LogP contribution >= 0.6 is 27.5 Å². The van der Waals surface area contributed by atoms with Gasteiger partial charge in [-0.05, 0) is 42.0 Å². The molecular formula is C23H19BrClN3O2. The molecular weight excluding hydrogens is 466 g/mol. The molecule has 3 aliphatic rings. The highest BCUT2D eigenvalue weighted by molar-refractivity contribution is 9.10. The van der Waals surface area contributed by atoms with Crippen molar-refractivity contribution in [3.63, 3.8) is 0 Å². The Hall–Kier alpha value is -2.57.